The van der Waals surface area contributed by atoms with E-state index in [2.05, 4.69) is 6.79 Å². The molecule has 0 aliphatic rings. The fourth-order valence-corrected chi connectivity index (χ4v) is 1.12. The van der Waals surface area contributed by atoms with Gasteiger partial charge in [-0.05, 0) is 39.5 Å². The molecule has 0 aliphatic carbocycles. The summed E-state index contributed by atoms with van der Waals surface area (Å²) in [6, 6.07) is 0. The van der Waals surface area contributed by atoms with E-state index in [4.69, 9.17) is 30.3 Å². The largest absolute Gasteiger partial charge is 1.00 e. The van der Waals surface area contributed by atoms with E-state index >= 15 is 0 Å². The molecule has 1 radical (unpaired) electrons. The topological polar surface area (TPSA) is 118 Å². The summed E-state index contributed by atoms with van der Waals surface area (Å²) in [5, 5.41) is 42.1. The third kappa shape index (κ3) is 45.0. The van der Waals surface area contributed by atoms with Crippen molar-refractivity contribution >= 4 is 6.79 Å². The van der Waals surface area contributed by atoms with Gasteiger partial charge in [0.25, 0.3) is 0 Å². The van der Waals surface area contributed by atoms with Gasteiger partial charge in [-0.25, -0.2) is 0 Å². The predicted octanol–water partition coefficient (Wildman–Crippen LogP) is 0.388. The van der Waals surface area contributed by atoms with Crippen molar-refractivity contribution in [1.82, 2.24) is 0 Å². The Kier molecular flexibility index (Phi) is 44.3. The second kappa shape index (κ2) is 28.3. The fraction of sp³-hybridized carbons (Fsp3) is 0.929. The van der Waals surface area contributed by atoms with Crippen molar-refractivity contribution in [2.24, 2.45) is 0 Å². The predicted molar refractivity (Wildman–Crippen MR) is 80.1 cm³/mol. The smallest absolute Gasteiger partial charge is 0.545 e. The van der Waals surface area contributed by atoms with Gasteiger partial charge in [0.1, 0.15) is 0 Å². The molecule has 6 nitrogen and oxygen atoms in total. The van der Waals surface area contributed by atoms with Crippen LogP contribution in [0.1, 0.15) is 53.4 Å². The molecule has 0 aromatic heterocycles. The van der Waals surface area contributed by atoms with Crippen LogP contribution in [0, 0.1) is 0 Å². The third-order valence-corrected chi connectivity index (χ3v) is 2.17. The summed E-state index contributed by atoms with van der Waals surface area (Å²) in [7, 11) is 1.00. The van der Waals surface area contributed by atoms with E-state index in [1.807, 2.05) is 13.8 Å². The monoisotopic (exact) mass is 399 g/mol. The maximum absolute atomic E-state index is 8.87. The van der Waals surface area contributed by atoms with Crippen LogP contribution >= 0.6 is 0 Å². The Morgan fingerprint density at radius 2 is 0.952 bits per heavy atom. The second-order valence-corrected chi connectivity index (χ2v) is 4.29. The van der Waals surface area contributed by atoms with Crippen LogP contribution in [0.15, 0.2) is 0 Å². The summed E-state index contributed by atoms with van der Waals surface area (Å²) in [6.45, 7) is 10.4. The maximum Gasteiger partial charge on any atom is 1.00 e. The van der Waals surface area contributed by atoms with E-state index in [9.17, 15) is 0 Å². The van der Waals surface area contributed by atoms with Crippen LogP contribution in [0.25, 0.3) is 0 Å². The molecule has 4 atom stereocenters. The van der Waals surface area contributed by atoms with Gasteiger partial charge in [-0.2, -0.15) is 0 Å². The average Bonchev–Trinajstić information content (AvgIpc) is 2.42. The van der Waals surface area contributed by atoms with Crippen LogP contribution in [0.3, 0.4) is 0 Å². The molecule has 0 bridgehead atoms. The van der Waals surface area contributed by atoms with E-state index in [-0.39, 0.29) is 43.9 Å². The third-order valence-electron chi connectivity index (χ3n) is 2.17. The van der Waals surface area contributed by atoms with E-state index in [0.29, 0.717) is 12.8 Å². The molecule has 0 rings (SSSR count). The molecule has 5 N–H and O–H groups in total. The molecular formula is C14H33O6Ru. The fourth-order valence-electron chi connectivity index (χ4n) is 1.12. The molecule has 133 valence electrons. The number of aliphatic hydroxyl groups excluding tert-OH is 5. The minimum Gasteiger partial charge on any atom is -0.545 e. The first-order valence-electron chi connectivity index (χ1n) is 6.73. The zero-order valence-corrected chi connectivity index (χ0v) is 15.5. The molecule has 21 heavy (non-hydrogen) atoms. The van der Waals surface area contributed by atoms with Crippen molar-refractivity contribution in [3.8, 4) is 0 Å². The number of carbonyl (C=O) groups excluding carboxylic acids is 1. The van der Waals surface area contributed by atoms with Crippen LogP contribution in [0.4, 0.5) is 0 Å². The van der Waals surface area contributed by atoms with E-state index in [1.54, 1.807) is 13.8 Å². The van der Waals surface area contributed by atoms with Gasteiger partial charge in [-0.1, -0.05) is 13.8 Å². The normalized spacial score (nSPS) is 14.2. The van der Waals surface area contributed by atoms with Crippen LogP contribution in [0.2, 0.25) is 0 Å². The Labute approximate surface area is 142 Å². The standard InChI is InChI=1S/2C6H14O2.CH4O.CHO.Ru/c2*1-3-6(8)4-5(2)7;2*1-2;/h2*5-8H,3-4H2,1-2H3;2H,1H3;1H;/q;;;-1;+1. The van der Waals surface area contributed by atoms with Gasteiger partial charge in [0.05, 0.1) is 24.4 Å². The average molecular weight is 398 g/mol. The molecule has 0 saturated carbocycles. The molecule has 0 spiro atoms. The summed E-state index contributed by atoms with van der Waals surface area (Å²) in [6.07, 6.45) is 1.06. The molecular weight excluding hydrogens is 365 g/mol. The summed E-state index contributed by atoms with van der Waals surface area (Å²) >= 11 is 0. The number of aliphatic hydroxyl groups is 5. The van der Waals surface area contributed by atoms with E-state index in [1.165, 1.54) is 0 Å². The Balaban J connectivity index is -0.0000000630. The summed E-state index contributed by atoms with van der Waals surface area (Å²) < 4.78 is 0. The molecule has 0 saturated heterocycles. The Morgan fingerprint density at radius 1 is 0.762 bits per heavy atom. The summed E-state index contributed by atoms with van der Waals surface area (Å²) in [5.41, 5.74) is 0. The van der Waals surface area contributed by atoms with E-state index in [0.717, 1.165) is 20.0 Å². The molecule has 0 aromatic carbocycles. The minimum absolute atomic E-state index is 0. The van der Waals surface area contributed by atoms with Crippen LogP contribution in [-0.2, 0) is 24.3 Å². The van der Waals surface area contributed by atoms with Gasteiger partial charge in [0.15, 0.2) is 0 Å². The maximum atomic E-state index is 8.87. The SMILES string of the molecule is CCC(O)CC(C)O.CCC(O)CC(C)O.CO.[CH-]=O.[Ru+]. The Bertz CT molecular complexity index is 142. The van der Waals surface area contributed by atoms with Crippen molar-refractivity contribution in [1.29, 1.82) is 0 Å². The molecule has 0 aliphatic heterocycles. The van der Waals surface area contributed by atoms with Gasteiger partial charge >= 0.3 is 19.5 Å². The zero-order chi connectivity index (χ0) is 17.1. The number of hydrogen-bond acceptors (Lipinski definition) is 6. The van der Waals surface area contributed by atoms with Crippen molar-refractivity contribution in [3.05, 3.63) is 0 Å². The first kappa shape index (κ1) is 32.9. The van der Waals surface area contributed by atoms with Gasteiger partial charge in [-0.3, -0.25) is 6.79 Å². The van der Waals surface area contributed by atoms with Crippen LogP contribution in [0.5, 0.6) is 0 Å². The van der Waals surface area contributed by atoms with Gasteiger partial charge in [-0.15, -0.1) is 0 Å². The van der Waals surface area contributed by atoms with Crippen LogP contribution < -0.4 is 0 Å². The van der Waals surface area contributed by atoms with Gasteiger partial charge in [0.2, 0.25) is 0 Å². The molecule has 7 heteroatoms. The van der Waals surface area contributed by atoms with Crippen molar-refractivity contribution in [2.45, 2.75) is 77.8 Å². The molecule has 0 aromatic rings. The minimum atomic E-state index is -0.370. The second-order valence-electron chi connectivity index (χ2n) is 4.29. The Hall–Kier alpha value is 0.0934. The molecule has 4 unspecified atom stereocenters. The first-order valence-corrected chi connectivity index (χ1v) is 6.73. The summed E-state index contributed by atoms with van der Waals surface area (Å²) in [4.78, 5) is 7.75. The van der Waals surface area contributed by atoms with Crippen molar-refractivity contribution < 1.29 is 49.8 Å². The van der Waals surface area contributed by atoms with E-state index < -0.39 is 0 Å². The summed E-state index contributed by atoms with van der Waals surface area (Å²) in [5.74, 6) is 0. The van der Waals surface area contributed by atoms with Crippen molar-refractivity contribution in [3.63, 3.8) is 0 Å². The zero-order valence-electron chi connectivity index (χ0n) is 13.7. The first-order chi connectivity index (χ1) is 9.33. The van der Waals surface area contributed by atoms with Crippen LogP contribution in [-0.4, -0.2) is 63.8 Å². The van der Waals surface area contributed by atoms with Crippen molar-refractivity contribution in [2.75, 3.05) is 7.11 Å². The molecule has 0 fully saturated rings. The molecule has 0 amide bonds. The van der Waals surface area contributed by atoms with Gasteiger partial charge < -0.3 is 30.3 Å². The molecule has 0 heterocycles. The van der Waals surface area contributed by atoms with Gasteiger partial charge in [0, 0.05) is 7.11 Å². The quantitative estimate of drug-likeness (QED) is 0.251. The number of rotatable bonds is 6. The number of hydrogen-bond donors (Lipinski definition) is 5. The Morgan fingerprint density at radius 3 is 1.00 bits per heavy atom.